The monoisotopic (exact) mass is 328 g/mol. The maximum atomic E-state index is 12.9. The fourth-order valence-corrected chi connectivity index (χ4v) is 2.64. The van der Waals surface area contributed by atoms with Crippen LogP contribution in [0.1, 0.15) is 89.0 Å². The minimum atomic E-state index is -0.517. The Kier molecular flexibility index (Phi) is 7.36. The Hall–Kier alpha value is -0.570. The number of esters is 1. The zero-order valence-corrected chi connectivity index (χ0v) is 17.4. The van der Waals surface area contributed by atoms with Crippen LogP contribution >= 0.6 is 0 Å². The van der Waals surface area contributed by atoms with Gasteiger partial charge in [-0.3, -0.25) is 4.79 Å². The number of hydrogen-bond donors (Lipinski definition) is 0. The first-order valence-corrected chi connectivity index (χ1v) is 8.86. The summed E-state index contributed by atoms with van der Waals surface area (Å²) in [6.07, 6.45) is 1.50. The molecule has 0 rings (SSSR count). The maximum absolute atomic E-state index is 12.9. The molecule has 0 spiro atoms. The normalized spacial score (nSPS) is 16.3. The Morgan fingerprint density at radius 3 is 1.74 bits per heavy atom. The average Bonchev–Trinajstić information content (AvgIpc) is 2.22. The number of carbonyl (C=O) groups is 1. The molecular weight excluding hydrogens is 288 g/mol. The van der Waals surface area contributed by atoms with Gasteiger partial charge in [0.25, 0.3) is 0 Å². The summed E-state index contributed by atoms with van der Waals surface area (Å²) >= 11 is 0. The molecule has 0 aromatic rings. The highest BCUT2D eigenvalue weighted by Crippen LogP contribution is 2.41. The lowest BCUT2D eigenvalue weighted by atomic mass is 9.68. The van der Waals surface area contributed by atoms with E-state index in [1.165, 1.54) is 0 Å². The topological polar surface area (TPSA) is 35.5 Å². The van der Waals surface area contributed by atoms with Gasteiger partial charge in [0.1, 0.15) is 5.60 Å². The zero-order valence-electron chi connectivity index (χ0n) is 17.4. The van der Waals surface area contributed by atoms with Crippen LogP contribution in [0.25, 0.3) is 0 Å². The van der Waals surface area contributed by atoms with E-state index in [4.69, 9.17) is 9.47 Å². The van der Waals surface area contributed by atoms with Crippen molar-refractivity contribution in [2.45, 2.75) is 100 Å². The average molecular weight is 329 g/mol. The third-order valence-electron chi connectivity index (χ3n) is 4.25. The lowest BCUT2D eigenvalue weighted by Crippen LogP contribution is -2.43. The fourth-order valence-electron chi connectivity index (χ4n) is 2.64. The van der Waals surface area contributed by atoms with Crippen LogP contribution in [0, 0.1) is 16.7 Å². The van der Waals surface area contributed by atoms with Crippen molar-refractivity contribution in [1.29, 1.82) is 0 Å². The van der Waals surface area contributed by atoms with Crippen LogP contribution in [0.5, 0.6) is 0 Å². The van der Waals surface area contributed by atoms with E-state index in [2.05, 4.69) is 34.6 Å². The third kappa shape index (κ3) is 8.74. The molecule has 0 aromatic carbocycles. The van der Waals surface area contributed by atoms with E-state index in [0.717, 1.165) is 6.42 Å². The molecule has 138 valence electrons. The third-order valence-corrected chi connectivity index (χ3v) is 4.25. The second-order valence-electron chi connectivity index (χ2n) is 10.2. The van der Waals surface area contributed by atoms with Gasteiger partial charge in [0.05, 0.1) is 17.6 Å². The Labute approximate surface area is 144 Å². The lowest BCUT2D eigenvalue weighted by molar-refractivity contribution is -0.175. The van der Waals surface area contributed by atoms with Crippen LogP contribution < -0.4 is 0 Å². The summed E-state index contributed by atoms with van der Waals surface area (Å²) in [6, 6.07) is 0. The van der Waals surface area contributed by atoms with Crippen molar-refractivity contribution in [3.8, 4) is 0 Å². The minimum absolute atomic E-state index is 0.0809. The predicted molar refractivity (Wildman–Crippen MR) is 97.5 cm³/mol. The molecule has 0 fully saturated rings. The van der Waals surface area contributed by atoms with Gasteiger partial charge in [-0.25, -0.2) is 0 Å². The molecule has 1 atom stereocenters. The molecular formula is C20H40O3. The molecule has 0 bridgehead atoms. The summed E-state index contributed by atoms with van der Waals surface area (Å²) in [5.74, 6) is 0.138. The minimum Gasteiger partial charge on any atom is -0.459 e. The summed E-state index contributed by atoms with van der Waals surface area (Å²) < 4.78 is 11.7. The van der Waals surface area contributed by atoms with E-state index in [0.29, 0.717) is 13.0 Å². The van der Waals surface area contributed by atoms with Crippen LogP contribution in [-0.2, 0) is 14.3 Å². The van der Waals surface area contributed by atoms with Crippen molar-refractivity contribution >= 4 is 5.97 Å². The first kappa shape index (κ1) is 22.4. The predicted octanol–water partition coefficient (Wildman–Crippen LogP) is 5.61. The zero-order chi connectivity index (χ0) is 18.7. The highest BCUT2D eigenvalue weighted by molar-refractivity contribution is 5.77. The highest BCUT2D eigenvalue weighted by Gasteiger charge is 2.43. The molecule has 0 amide bonds. The van der Waals surface area contributed by atoms with Gasteiger partial charge in [0, 0.05) is 6.42 Å². The summed E-state index contributed by atoms with van der Waals surface area (Å²) in [7, 11) is 0. The molecule has 0 saturated carbocycles. The SMILES string of the molecule is CC(C)C(C)(CC(C)(C)C)C(=O)OC(C)(C)CCOC(C)(C)C. The van der Waals surface area contributed by atoms with Gasteiger partial charge >= 0.3 is 5.97 Å². The first-order chi connectivity index (χ1) is 9.99. The molecule has 3 nitrogen and oxygen atoms in total. The molecule has 0 aliphatic rings. The van der Waals surface area contributed by atoms with Gasteiger partial charge in [0.2, 0.25) is 0 Å². The van der Waals surface area contributed by atoms with Crippen molar-refractivity contribution < 1.29 is 14.3 Å². The van der Waals surface area contributed by atoms with Gasteiger partial charge in [-0.05, 0) is 59.3 Å². The first-order valence-electron chi connectivity index (χ1n) is 8.86. The van der Waals surface area contributed by atoms with Crippen molar-refractivity contribution in [3.63, 3.8) is 0 Å². The smallest absolute Gasteiger partial charge is 0.312 e. The molecule has 0 saturated heterocycles. The molecule has 0 aliphatic heterocycles. The second-order valence-corrected chi connectivity index (χ2v) is 10.2. The number of carbonyl (C=O) groups excluding carboxylic acids is 1. The van der Waals surface area contributed by atoms with Gasteiger partial charge in [-0.1, -0.05) is 34.6 Å². The van der Waals surface area contributed by atoms with Crippen LogP contribution in [-0.4, -0.2) is 23.8 Å². The largest absolute Gasteiger partial charge is 0.459 e. The second kappa shape index (κ2) is 7.55. The Balaban J connectivity index is 4.91. The Morgan fingerprint density at radius 2 is 1.39 bits per heavy atom. The van der Waals surface area contributed by atoms with Gasteiger partial charge < -0.3 is 9.47 Å². The van der Waals surface area contributed by atoms with E-state index in [1.807, 2.05) is 41.5 Å². The van der Waals surface area contributed by atoms with Gasteiger partial charge in [-0.2, -0.15) is 0 Å². The number of ether oxygens (including phenoxy) is 2. The van der Waals surface area contributed by atoms with E-state index in [9.17, 15) is 4.79 Å². The molecule has 0 aromatic heterocycles. The lowest BCUT2D eigenvalue weighted by Gasteiger charge is -2.39. The molecule has 3 heteroatoms. The van der Waals surface area contributed by atoms with Crippen molar-refractivity contribution in [3.05, 3.63) is 0 Å². The standard InChI is InChI=1S/C20H40O3/c1-15(2)20(11,14-17(3,4)5)16(21)23-19(9,10)12-13-22-18(6,7)8/h15H,12-14H2,1-11H3. The van der Waals surface area contributed by atoms with Crippen LogP contribution in [0.15, 0.2) is 0 Å². The summed E-state index contributed by atoms with van der Waals surface area (Å²) in [6.45, 7) is 23.4. The fraction of sp³-hybridized carbons (Fsp3) is 0.950. The molecule has 0 radical (unpaired) electrons. The van der Waals surface area contributed by atoms with E-state index >= 15 is 0 Å². The molecule has 0 heterocycles. The molecule has 1 unspecified atom stereocenters. The highest BCUT2D eigenvalue weighted by atomic mass is 16.6. The van der Waals surface area contributed by atoms with Crippen LogP contribution in [0.3, 0.4) is 0 Å². The molecule has 0 N–H and O–H groups in total. The van der Waals surface area contributed by atoms with Gasteiger partial charge in [-0.15, -0.1) is 0 Å². The van der Waals surface area contributed by atoms with Crippen molar-refractivity contribution in [2.24, 2.45) is 16.7 Å². The molecule has 0 aliphatic carbocycles. The quantitative estimate of drug-likeness (QED) is 0.570. The van der Waals surface area contributed by atoms with Crippen molar-refractivity contribution in [2.75, 3.05) is 6.61 Å². The Morgan fingerprint density at radius 1 is 0.913 bits per heavy atom. The van der Waals surface area contributed by atoms with Gasteiger partial charge in [0.15, 0.2) is 0 Å². The van der Waals surface area contributed by atoms with Crippen molar-refractivity contribution in [1.82, 2.24) is 0 Å². The summed E-state index contributed by atoms with van der Waals surface area (Å²) in [4.78, 5) is 12.9. The summed E-state index contributed by atoms with van der Waals surface area (Å²) in [5, 5.41) is 0. The van der Waals surface area contributed by atoms with E-state index in [-0.39, 0.29) is 22.9 Å². The molecule has 23 heavy (non-hydrogen) atoms. The number of rotatable bonds is 7. The number of hydrogen-bond acceptors (Lipinski definition) is 3. The Bertz CT molecular complexity index is 383. The van der Waals surface area contributed by atoms with Crippen LogP contribution in [0.2, 0.25) is 0 Å². The van der Waals surface area contributed by atoms with Crippen LogP contribution in [0.4, 0.5) is 0 Å². The van der Waals surface area contributed by atoms with E-state index in [1.54, 1.807) is 0 Å². The summed E-state index contributed by atoms with van der Waals surface area (Å²) in [5.41, 5.74) is -1.08. The maximum Gasteiger partial charge on any atom is 0.312 e. The van der Waals surface area contributed by atoms with E-state index < -0.39 is 11.0 Å².